The second-order valence-electron chi connectivity index (χ2n) is 9.89. The Morgan fingerprint density at radius 2 is 1.94 bits per heavy atom. The second kappa shape index (κ2) is 12.3. The number of carbonyl (C=O) groups is 1. The minimum absolute atomic E-state index is 0.0298. The van der Waals surface area contributed by atoms with Crippen LogP contribution >= 0.6 is 0 Å². The SMILES string of the molecule is CCOc1cc(CN(CC(=O)NCC2(N3CCOCC3)CCCCC2)C2CC2)ccc1OC(F)F. The van der Waals surface area contributed by atoms with Crippen LogP contribution in [0.25, 0.3) is 0 Å². The first-order valence-electron chi connectivity index (χ1n) is 13.0. The van der Waals surface area contributed by atoms with Crippen molar-refractivity contribution in [1.82, 2.24) is 15.1 Å². The molecule has 2 saturated carbocycles. The lowest BCUT2D eigenvalue weighted by molar-refractivity contribution is -0.123. The number of halogens is 2. The lowest BCUT2D eigenvalue weighted by atomic mass is 9.79. The number of rotatable bonds is 12. The van der Waals surface area contributed by atoms with Crippen LogP contribution in [0.4, 0.5) is 8.78 Å². The van der Waals surface area contributed by atoms with E-state index in [4.69, 9.17) is 9.47 Å². The highest BCUT2D eigenvalue weighted by Gasteiger charge is 2.39. The number of hydrogen-bond donors (Lipinski definition) is 1. The highest BCUT2D eigenvalue weighted by Crippen LogP contribution is 2.35. The van der Waals surface area contributed by atoms with Crippen LogP contribution in [0.3, 0.4) is 0 Å². The molecule has 3 aliphatic rings. The summed E-state index contributed by atoms with van der Waals surface area (Å²) in [7, 11) is 0. The number of carbonyl (C=O) groups excluding carboxylic acids is 1. The predicted octanol–water partition coefficient (Wildman–Crippen LogP) is 3.80. The van der Waals surface area contributed by atoms with E-state index in [1.807, 2.05) is 0 Å². The minimum atomic E-state index is -2.91. The van der Waals surface area contributed by atoms with Gasteiger partial charge in [-0.1, -0.05) is 25.3 Å². The van der Waals surface area contributed by atoms with Crippen LogP contribution in [0, 0.1) is 0 Å². The van der Waals surface area contributed by atoms with Gasteiger partial charge in [-0.2, -0.15) is 8.78 Å². The zero-order valence-electron chi connectivity index (χ0n) is 20.8. The first-order chi connectivity index (χ1) is 17.0. The summed E-state index contributed by atoms with van der Waals surface area (Å²) < 4.78 is 41.1. The van der Waals surface area contributed by atoms with Crippen LogP contribution < -0.4 is 14.8 Å². The van der Waals surface area contributed by atoms with Crippen molar-refractivity contribution in [3.8, 4) is 11.5 Å². The van der Waals surface area contributed by atoms with Crippen LogP contribution in [0.15, 0.2) is 18.2 Å². The molecule has 1 aromatic rings. The van der Waals surface area contributed by atoms with Crippen molar-refractivity contribution in [1.29, 1.82) is 0 Å². The van der Waals surface area contributed by atoms with E-state index >= 15 is 0 Å². The van der Waals surface area contributed by atoms with Crippen molar-refractivity contribution < 1.29 is 27.8 Å². The van der Waals surface area contributed by atoms with Crippen LogP contribution in [-0.4, -0.2) is 79.9 Å². The minimum Gasteiger partial charge on any atom is -0.490 e. The van der Waals surface area contributed by atoms with Crippen LogP contribution in [0.2, 0.25) is 0 Å². The molecule has 1 saturated heterocycles. The maximum absolute atomic E-state index is 13.1. The molecule has 0 spiro atoms. The van der Waals surface area contributed by atoms with Crippen molar-refractivity contribution in [2.45, 2.75) is 76.6 Å². The van der Waals surface area contributed by atoms with Gasteiger partial charge in [0.25, 0.3) is 0 Å². The lowest BCUT2D eigenvalue weighted by Crippen LogP contribution is -2.60. The van der Waals surface area contributed by atoms with Gasteiger partial charge < -0.3 is 19.5 Å². The van der Waals surface area contributed by atoms with Gasteiger partial charge in [0.05, 0.1) is 26.4 Å². The highest BCUT2D eigenvalue weighted by molar-refractivity contribution is 5.78. The topological polar surface area (TPSA) is 63.3 Å². The van der Waals surface area contributed by atoms with Gasteiger partial charge in [0.1, 0.15) is 0 Å². The molecule has 0 unspecified atom stereocenters. The average Bonchev–Trinajstić information content (AvgIpc) is 3.71. The number of ether oxygens (including phenoxy) is 3. The van der Waals surface area contributed by atoms with Gasteiger partial charge in [0, 0.05) is 37.8 Å². The molecule has 2 aliphatic carbocycles. The molecule has 4 rings (SSSR count). The van der Waals surface area contributed by atoms with Crippen LogP contribution in [0.1, 0.15) is 57.4 Å². The molecule has 1 N–H and O–H groups in total. The Morgan fingerprint density at radius 1 is 1.20 bits per heavy atom. The Hall–Kier alpha value is -1.97. The fraction of sp³-hybridized carbons (Fsp3) is 0.731. The molecule has 35 heavy (non-hydrogen) atoms. The van der Waals surface area contributed by atoms with Gasteiger partial charge in [0.2, 0.25) is 5.91 Å². The summed E-state index contributed by atoms with van der Waals surface area (Å²) in [6.45, 7) is 4.18. The summed E-state index contributed by atoms with van der Waals surface area (Å²) in [6.07, 6.45) is 8.04. The summed E-state index contributed by atoms with van der Waals surface area (Å²) in [5.74, 6) is 0.371. The fourth-order valence-electron chi connectivity index (χ4n) is 5.46. The molecule has 1 aromatic carbocycles. The molecule has 1 aliphatic heterocycles. The molecule has 196 valence electrons. The number of alkyl halides is 2. The number of nitrogens with one attached hydrogen (secondary N) is 1. The number of nitrogens with zero attached hydrogens (tertiary/aromatic N) is 2. The Bertz CT molecular complexity index is 825. The summed E-state index contributed by atoms with van der Waals surface area (Å²) in [4.78, 5) is 17.8. The van der Waals surface area contributed by atoms with E-state index in [1.165, 1.54) is 25.3 Å². The molecule has 0 radical (unpaired) electrons. The smallest absolute Gasteiger partial charge is 0.387 e. The third kappa shape index (κ3) is 7.27. The molecule has 0 bridgehead atoms. The van der Waals surface area contributed by atoms with E-state index in [2.05, 4.69) is 19.9 Å². The molecular weight excluding hydrogens is 456 g/mol. The van der Waals surface area contributed by atoms with Crippen molar-refractivity contribution in [2.24, 2.45) is 0 Å². The number of hydrogen-bond acceptors (Lipinski definition) is 6. The molecule has 0 atom stereocenters. The molecule has 3 fully saturated rings. The zero-order chi connectivity index (χ0) is 24.7. The average molecular weight is 496 g/mol. The Balaban J connectivity index is 1.37. The van der Waals surface area contributed by atoms with Gasteiger partial charge in [-0.3, -0.25) is 14.6 Å². The molecule has 7 nitrogen and oxygen atoms in total. The van der Waals surface area contributed by atoms with E-state index < -0.39 is 6.61 Å². The Morgan fingerprint density at radius 3 is 2.60 bits per heavy atom. The van der Waals surface area contributed by atoms with Crippen molar-refractivity contribution in [3.05, 3.63) is 23.8 Å². The predicted molar refractivity (Wildman–Crippen MR) is 129 cm³/mol. The summed E-state index contributed by atoms with van der Waals surface area (Å²) >= 11 is 0. The molecular formula is C26H39F2N3O4. The summed E-state index contributed by atoms with van der Waals surface area (Å²) in [5, 5.41) is 3.26. The molecule has 1 heterocycles. The van der Waals surface area contributed by atoms with Gasteiger partial charge in [-0.05, 0) is 50.3 Å². The maximum Gasteiger partial charge on any atom is 0.387 e. The van der Waals surface area contributed by atoms with Gasteiger partial charge in [-0.25, -0.2) is 0 Å². The first-order valence-corrected chi connectivity index (χ1v) is 13.0. The standard InChI is InChI=1S/C26H39F2N3O4/c1-2-34-23-16-20(6-9-22(23)35-25(27)28)17-30(21-7-8-21)18-24(32)29-19-26(10-4-3-5-11-26)31-12-14-33-15-13-31/h6,9,16,21,25H,2-5,7-8,10-15,17-19H2,1H3,(H,29,32). The van der Waals surface area contributed by atoms with Gasteiger partial charge in [-0.15, -0.1) is 0 Å². The summed E-state index contributed by atoms with van der Waals surface area (Å²) in [6, 6.07) is 5.40. The van der Waals surface area contributed by atoms with E-state index in [0.717, 1.165) is 57.6 Å². The Labute approximate surface area is 207 Å². The maximum atomic E-state index is 13.1. The zero-order valence-corrected chi connectivity index (χ0v) is 20.8. The largest absolute Gasteiger partial charge is 0.490 e. The van der Waals surface area contributed by atoms with Crippen molar-refractivity contribution in [3.63, 3.8) is 0 Å². The van der Waals surface area contributed by atoms with Crippen molar-refractivity contribution >= 4 is 5.91 Å². The lowest BCUT2D eigenvalue weighted by Gasteiger charge is -2.48. The third-order valence-electron chi connectivity index (χ3n) is 7.40. The second-order valence-corrected chi connectivity index (χ2v) is 9.89. The van der Waals surface area contributed by atoms with Crippen LogP contribution in [-0.2, 0) is 16.1 Å². The quantitative estimate of drug-likeness (QED) is 0.476. The van der Waals surface area contributed by atoms with E-state index in [9.17, 15) is 13.6 Å². The molecule has 0 aromatic heterocycles. The monoisotopic (exact) mass is 495 g/mol. The summed E-state index contributed by atoms with van der Waals surface area (Å²) in [5.41, 5.74) is 0.946. The normalized spacial score (nSPS) is 20.7. The van der Waals surface area contributed by atoms with E-state index in [-0.39, 0.29) is 17.2 Å². The number of morpholine rings is 1. The third-order valence-corrected chi connectivity index (χ3v) is 7.40. The number of amides is 1. The number of benzene rings is 1. The molecule has 9 heteroatoms. The van der Waals surface area contributed by atoms with Gasteiger partial charge >= 0.3 is 6.61 Å². The van der Waals surface area contributed by atoms with E-state index in [1.54, 1.807) is 19.1 Å². The Kier molecular flexibility index (Phi) is 9.19. The first kappa shape index (κ1) is 26.1. The highest BCUT2D eigenvalue weighted by atomic mass is 19.3. The van der Waals surface area contributed by atoms with Gasteiger partial charge in [0.15, 0.2) is 11.5 Å². The van der Waals surface area contributed by atoms with Crippen molar-refractivity contribution in [2.75, 3.05) is 46.0 Å². The molecule has 1 amide bonds. The van der Waals surface area contributed by atoms with E-state index in [0.29, 0.717) is 38.0 Å². The van der Waals surface area contributed by atoms with Crippen LogP contribution in [0.5, 0.6) is 11.5 Å². The fourth-order valence-corrected chi connectivity index (χ4v) is 5.46.